The summed E-state index contributed by atoms with van der Waals surface area (Å²) in [4.78, 5) is 0. The molecule has 3 heteroatoms. The first kappa shape index (κ1) is 15.9. The van der Waals surface area contributed by atoms with Crippen LogP contribution in [0.3, 0.4) is 0 Å². The van der Waals surface area contributed by atoms with Crippen LogP contribution in [0.25, 0.3) is 10.8 Å². The van der Waals surface area contributed by atoms with Gasteiger partial charge in [0.05, 0.1) is 9.86 Å². The fraction of sp³-hybridized carbons (Fsp3) is 0.357. The Morgan fingerprint density at radius 1 is 1.06 bits per heavy atom. The second kappa shape index (κ2) is 8.07. The molecule has 0 atom stereocenters. The summed E-state index contributed by atoms with van der Waals surface area (Å²) in [6.07, 6.45) is 3.31. The largest absolute Gasteiger partial charge is 0.285 e. The molecule has 2 rings (SSSR count). The van der Waals surface area contributed by atoms with E-state index in [1.54, 1.807) is 12.4 Å². The quantitative estimate of drug-likeness (QED) is 0.562. The lowest BCUT2D eigenvalue weighted by molar-refractivity contribution is -0.904. The van der Waals surface area contributed by atoms with Crippen molar-refractivity contribution in [2.24, 2.45) is 0 Å². The molecule has 0 amide bonds. The number of halogens is 1. The van der Waals surface area contributed by atoms with Crippen molar-refractivity contribution in [3.05, 3.63) is 40.6 Å². The fourth-order valence-corrected chi connectivity index (χ4v) is 1.94. The summed E-state index contributed by atoms with van der Waals surface area (Å²) in [5, 5.41) is 11.4. The predicted octanol–water partition coefficient (Wildman–Crippen LogP) is 4.49. The molecule has 0 aliphatic carbocycles. The number of hydrogen-bond donors (Lipinski definition) is 1. The van der Waals surface area contributed by atoms with E-state index >= 15 is 0 Å². The highest BCUT2D eigenvalue weighted by molar-refractivity contribution is 9.10. The third-order valence-electron chi connectivity index (χ3n) is 1.98. The van der Waals surface area contributed by atoms with E-state index in [1.807, 2.05) is 46.8 Å². The van der Waals surface area contributed by atoms with Gasteiger partial charge >= 0.3 is 0 Å². The highest BCUT2D eigenvalue weighted by Crippen LogP contribution is 2.22. The van der Waals surface area contributed by atoms with Gasteiger partial charge in [-0.1, -0.05) is 45.4 Å². The highest BCUT2D eigenvalue weighted by atomic mass is 79.9. The van der Waals surface area contributed by atoms with Gasteiger partial charge in [0.1, 0.15) is 0 Å². The van der Waals surface area contributed by atoms with Crippen LogP contribution in [0, 0.1) is 6.92 Å². The Balaban J connectivity index is 0.000000581. The molecule has 0 saturated carbocycles. The van der Waals surface area contributed by atoms with E-state index in [4.69, 9.17) is 0 Å². The van der Waals surface area contributed by atoms with Crippen molar-refractivity contribution in [1.82, 2.24) is 0 Å². The maximum atomic E-state index is 9.29. The van der Waals surface area contributed by atoms with Gasteiger partial charge in [0.2, 0.25) is 12.4 Å². The van der Waals surface area contributed by atoms with Gasteiger partial charge in [-0.05, 0) is 28.9 Å². The summed E-state index contributed by atoms with van der Waals surface area (Å²) < 4.78 is 1.96. The molecule has 1 N–H and O–H groups in total. The van der Waals surface area contributed by atoms with Gasteiger partial charge in [-0.15, -0.1) is 0 Å². The van der Waals surface area contributed by atoms with E-state index in [-0.39, 0.29) is 0 Å². The second-order valence-corrected chi connectivity index (χ2v) is 3.93. The van der Waals surface area contributed by atoms with Gasteiger partial charge in [0.15, 0.2) is 0 Å². The molecule has 2 nitrogen and oxygen atoms in total. The molecule has 1 aromatic carbocycles. The van der Waals surface area contributed by atoms with Crippen molar-refractivity contribution in [3.8, 4) is 0 Å². The van der Waals surface area contributed by atoms with Gasteiger partial charge in [-0.2, -0.15) is 0 Å². The number of benzene rings is 1. The molecule has 17 heavy (non-hydrogen) atoms. The first-order valence-corrected chi connectivity index (χ1v) is 6.76. The second-order valence-electron chi connectivity index (χ2n) is 3.08. The highest BCUT2D eigenvalue weighted by Gasteiger charge is 2.06. The molecule has 0 fully saturated rings. The Morgan fingerprint density at radius 2 is 1.65 bits per heavy atom. The monoisotopic (exact) mass is 298 g/mol. The first-order chi connectivity index (χ1) is 8.16. The van der Waals surface area contributed by atoms with Crippen molar-refractivity contribution in [3.63, 3.8) is 0 Å². The maximum absolute atomic E-state index is 9.29. The van der Waals surface area contributed by atoms with E-state index in [1.165, 1.54) is 5.56 Å². The minimum absolute atomic E-state index is 0.896. The summed E-state index contributed by atoms with van der Waals surface area (Å²) in [6, 6.07) is 6.12. The van der Waals surface area contributed by atoms with Crippen LogP contribution in [-0.4, -0.2) is 5.21 Å². The third-order valence-corrected chi connectivity index (χ3v) is 2.61. The fourth-order valence-electron chi connectivity index (χ4n) is 1.37. The number of hydrogen-bond acceptors (Lipinski definition) is 1. The molecular weight excluding hydrogens is 278 g/mol. The zero-order chi connectivity index (χ0) is 13.4. The van der Waals surface area contributed by atoms with Gasteiger partial charge in [0, 0.05) is 10.1 Å². The Morgan fingerprint density at radius 3 is 2.24 bits per heavy atom. The summed E-state index contributed by atoms with van der Waals surface area (Å²) in [5.74, 6) is 0. The van der Waals surface area contributed by atoms with Gasteiger partial charge in [-0.3, -0.25) is 5.21 Å². The van der Waals surface area contributed by atoms with Crippen LogP contribution in [0.15, 0.2) is 35.1 Å². The molecule has 0 aliphatic rings. The van der Waals surface area contributed by atoms with E-state index < -0.39 is 0 Å². The minimum atomic E-state index is 0.896. The van der Waals surface area contributed by atoms with Crippen LogP contribution in [0.4, 0.5) is 0 Å². The number of aromatic nitrogens is 1. The summed E-state index contributed by atoms with van der Waals surface area (Å²) in [7, 11) is 0. The number of aryl methyl sites for hydroxylation is 1. The molecule has 1 heterocycles. The smallest absolute Gasteiger partial charge is 0.237 e. The normalized spacial score (nSPS) is 8.82. The van der Waals surface area contributed by atoms with E-state index in [0.717, 1.165) is 20.0 Å². The third kappa shape index (κ3) is 4.35. The number of nitrogens with zero attached hydrogens (tertiary/aromatic N) is 1. The SMILES string of the molecule is CC.CC.Cc1ccc2c(Br)c[n+](O)cc2c1. The number of rotatable bonds is 0. The Hall–Kier alpha value is -1.09. The summed E-state index contributed by atoms with van der Waals surface area (Å²) in [6.45, 7) is 10.0. The average molecular weight is 299 g/mol. The number of pyridine rings is 1. The molecule has 0 saturated heterocycles. The maximum Gasteiger partial charge on any atom is 0.237 e. The summed E-state index contributed by atoms with van der Waals surface area (Å²) >= 11 is 3.39. The van der Waals surface area contributed by atoms with Crippen molar-refractivity contribution < 1.29 is 9.94 Å². The average Bonchev–Trinajstić information content (AvgIpc) is 2.33. The predicted molar refractivity (Wildman–Crippen MR) is 76.5 cm³/mol. The molecule has 0 unspecified atom stereocenters. The zero-order valence-corrected chi connectivity index (χ0v) is 12.7. The van der Waals surface area contributed by atoms with Gasteiger partial charge in [-0.25, -0.2) is 0 Å². The van der Waals surface area contributed by atoms with Crippen LogP contribution < -0.4 is 4.73 Å². The lowest BCUT2D eigenvalue weighted by atomic mass is 10.1. The van der Waals surface area contributed by atoms with Gasteiger partial charge in [0.25, 0.3) is 0 Å². The summed E-state index contributed by atoms with van der Waals surface area (Å²) in [5.41, 5.74) is 1.19. The lowest BCUT2D eigenvalue weighted by Crippen LogP contribution is -2.28. The Kier molecular flexibility index (Phi) is 7.55. The van der Waals surface area contributed by atoms with E-state index in [0.29, 0.717) is 0 Å². The van der Waals surface area contributed by atoms with Crippen LogP contribution in [0.2, 0.25) is 0 Å². The Bertz CT molecular complexity index is 464. The van der Waals surface area contributed by atoms with Crippen LogP contribution in [0.5, 0.6) is 0 Å². The van der Waals surface area contributed by atoms with Crippen molar-refractivity contribution in [1.29, 1.82) is 0 Å². The molecule has 2 aromatic rings. The molecule has 1 aromatic heterocycles. The zero-order valence-electron chi connectivity index (χ0n) is 11.2. The first-order valence-electron chi connectivity index (χ1n) is 5.97. The topological polar surface area (TPSA) is 24.1 Å². The van der Waals surface area contributed by atoms with Gasteiger partial charge < -0.3 is 0 Å². The molecule has 94 valence electrons. The van der Waals surface area contributed by atoms with E-state index in [9.17, 15) is 5.21 Å². The Labute approximate surface area is 112 Å². The minimum Gasteiger partial charge on any atom is -0.285 e. The standard InChI is InChI=1S/C10H9BrNO.2C2H6/c1-7-2-3-9-8(4-7)5-12(13)6-10(9)11;2*1-2/h2-6,13H,1H3;2*1-2H3/q+1;;. The van der Waals surface area contributed by atoms with Crippen LogP contribution >= 0.6 is 15.9 Å². The van der Waals surface area contributed by atoms with Crippen molar-refractivity contribution in [2.75, 3.05) is 0 Å². The van der Waals surface area contributed by atoms with E-state index in [2.05, 4.69) is 22.0 Å². The molecule has 0 aliphatic heterocycles. The van der Waals surface area contributed by atoms with Crippen molar-refractivity contribution >= 4 is 26.7 Å². The van der Waals surface area contributed by atoms with Crippen LogP contribution in [-0.2, 0) is 0 Å². The number of fused-ring (bicyclic) bond motifs is 1. The molecular formula is C14H21BrNO+. The van der Waals surface area contributed by atoms with Crippen LogP contribution in [0.1, 0.15) is 33.3 Å². The lowest BCUT2D eigenvalue weighted by Gasteiger charge is -1.98. The molecule has 0 spiro atoms. The molecule has 0 bridgehead atoms. The molecule has 0 radical (unpaired) electrons. The van der Waals surface area contributed by atoms with Crippen molar-refractivity contribution in [2.45, 2.75) is 34.6 Å².